The van der Waals surface area contributed by atoms with E-state index in [4.69, 9.17) is 4.74 Å². The highest BCUT2D eigenvalue weighted by Crippen LogP contribution is 2.23. The fraction of sp³-hybridized carbons (Fsp3) is 0.400. The van der Waals surface area contributed by atoms with Gasteiger partial charge >= 0.3 is 6.43 Å². The summed E-state index contributed by atoms with van der Waals surface area (Å²) in [6, 6.07) is 8.87. The molecule has 2 aromatic rings. The quantitative estimate of drug-likeness (QED) is 0.346. The van der Waals surface area contributed by atoms with Crippen LogP contribution in [0.3, 0.4) is 0 Å². The number of alkyl halides is 3. The van der Waals surface area contributed by atoms with Crippen LogP contribution in [0.4, 0.5) is 13.2 Å². The molecule has 0 bridgehead atoms. The van der Waals surface area contributed by atoms with Gasteiger partial charge in [0, 0.05) is 31.2 Å². The molecule has 0 aliphatic carbocycles. The maximum atomic E-state index is 13.1. The molecular weight excluding hydrogens is 419 g/mol. The van der Waals surface area contributed by atoms with Crippen LogP contribution in [0.1, 0.15) is 17.4 Å². The second-order valence-corrected chi connectivity index (χ2v) is 7.32. The molecule has 0 saturated heterocycles. The summed E-state index contributed by atoms with van der Waals surface area (Å²) in [6.07, 6.45) is -3.01. The monoisotopic (exact) mass is 443 g/mol. The number of rotatable bonds is 12. The van der Waals surface area contributed by atoms with Crippen molar-refractivity contribution < 1.29 is 27.8 Å². The fourth-order valence-electron chi connectivity index (χ4n) is 2.57. The predicted octanol–water partition coefficient (Wildman–Crippen LogP) is 2.89. The molecule has 3 N–H and O–H groups in total. The Hall–Kier alpha value is -2.14. The summed E-state index contributed by atoms with van der Waals surface area (Å²) < 4.78 is 46.0. The van der Waals surface area contributed by atoms with Crippen LogP contribution in [0.15, 0.2) is 42.6 Å². The van der Waals surface area contributed by atoms with Gasteiger partial charge in [0.25, 0.3) is 5.91 Å². The molecule has 1 heterocycles. The number of ether oxygens (including phenoxy) is 1. The Morgan fingerprint density at radius 2 is 1.90 bits per heavy atom. The van der Waals surface area contributed by atoms with Crippen LogP contribution in [-0.4, -0.2) is 54.6 Å². The minimum absolute atomic E-state index is 0.304. The molecule has 0 aliphatic rings. The van der Waals surface area contributed by atoms with E-state index in [0.29, 0.717) is 18.7 Å². The van der Waals surface area contributed by atoms with Crippen LogP contribution >= 0.6 is 11.9 Å². The van der Waals surface area contributed by atoms with Crippen molar-refractivity contribution in [2.45, 2.75) is 25.1 Å². The molecule has 0 radical (unpaired) electrons. The van der Waals surface area contributed by atoms with Crippen molar-refractivity contribution in [3.05, 3.63) is 53.9 Å². The first-order valence-electron chi connectivity index (χ1n) is 9.17. The maximum Gasteiger partial charge on any atom is 0.315 e. The number of halogens is 3. The maximum absolute atomic E-state index is 13.1. The van der Waals surface area contributed by atoms with Gasteiger partial charge in [0.05, 0.1) is 18.3 Å². The van der Waals surface area contributed by atoms with Gasteiger partial charge in [0.2, 0.25) is 0 Å². The predicted molar refractivity (Wildman–Crippen MR) is 110 cm³/mol. The van der Waals surface area contributed by atoms with Gasteiger partial charge in [0.1, 0.15) is 12.8 Å². The topological polar surface area (TPSA) is 83.5 Å². The third-order valence-corrected chi connectivity index (χ3v) is 4.95. The van der Waals surface area contributed by atoms with E-state index in [-0.39, 0.29) is 0 Å². The lowest BCUT2D eigenvalue weighted by atomic mass is 9.99. The van der Waals surface area contributed by atoms with E-state index in [1.807, 2.05) is 12.1 Å². The highest BCUT2D eigenvalue weighted by Gasteiger charge is 2.26. The summed E-state index contributed by atoms with van der Waals surface area (Å²) in [5, 5.41) is 12.0. The summed E-state index contributed by atoms with van der Waals surface area (Å²) in [6.45, 7) is 0.0959. The van der Waals surface area contributed by atoms with E-state index < -0.39 is 31.2 Å². The van der Waals surface area contributed by atoms with Gasteiger partial charge < -0.3 is 15.2 Å². The minimum Gasteiger partial charge on any atom is -0.386 e. The number of methoxy groups -OCH3 is 1. The summed E-state index contributed by atoms with van der Waals surface area (Å²) in [5.74, 6) is -0.784. The molecule has 0 saturated carbocycles. The normalized spacial score (nSPS) is 13.3. The van der Waals surface area contributed by atoms with Gasteiger partial charge in [0.15, 0.2) is 0 Å². The van der Waals surface area contributed by atoms with Crippen molar-refractivity contribution in [2.75, 3.05) is 26.1 Å². The van der Waals surface area contributed by atoms with Gasteiger partial charge in [-0.2, -0.15) is 8.78 Å². The molecule has 6 nitrogen and oxygen atoms in total. The molecule has 1 aromatic carbocycles. The van der Waals surface area contributed by atoms with Crippen LogP contribution in [0, 0.1) is 0 Å². The van der Waals surface area contributed by atoms with Crippen molar-refractivity contribution in [2.24, 2.45) is 0 Å². The van der Waals surface area contributed by atoms with Crippen LogP contribution in [-0.2, 0) is 16.1 Å². The van der Waals surface area contributed by atoms with E-state index in [1.54, 1.807) is 54.8 Å². The van der Waals surface area contributed by atoms with Crippen LogP contribution in [0.25, 0.3) is 11.1 Å². The molecule has 2 atom stereocenters. The van der Waals surface area contributed by atoms with E-state index in [0.717, 1.165) is 22.6 Å². The fourth-order valence-corrected chi connectivity index (χ4v) is 3.22. The lowest BCUT2D eigenvalue weighted by molar-refractivity contribution is -0.133. The average Bonchev–Trinajstić information content (AvgIpc) is 2.77. The zero-order valence-corrected chi connectivity index (χ0v) is 17.2. The lowest BCUT2D eigenvalue weighted by Gasteiger charge is -2.22. The van der Waals surface area contributed by atoms with E-state index in [9.17, 15) is 23.1 Å². The number of pyridine rings is 1. The molecule has 2 rings (SSSR count). The first-order valence-corrected chi connectivity index (χ1v) is 10.2. The van der Waals surface area contributed by atoms with Gasteiger partial charge in [-0.25, -0.2) is 4.39 Å². The Balaban J connectivity index is 1.96. The van der Waals surface area contributed by atoms with Crippen LogP contribution < -0.4 is 10.0 Å². The first kappa shape index (κ1) is 24.1. The molecular formula is C20H24F3N3O3S. The summed E-state index contributed by atoms with van der Waals surface area (Å²) >= 11 is 1.55. The van der Waals surface area contributed by atoms with Crippen molar-refractivity contribution in [3.8, 4) is 11.1 Å². The molecule has 0 aliphatic heterocycles. The van der Waals surface area contributed by atoms with E-state index in [2.05, 4.69) is 9.71 Å². The van der Waals surface area contributed by atoms with Crippen molar-refractivity contribution in [1.82, 2.24) is 15.0 Å². The largest absolute Gasteiger partial charge is 0.386 e. The average molecular weight is 443 g/mol. The molecule has 30 heavy (non-hydrogen) atoms. The Morgan fingerprint density at radius 1 is 1.20 bits per heavy atom. The summed E-state index contributed by atoms with van der Waals surface area (Å²) in [4.78, 5) is 15.5. The summed E-state index contributed by atoms with van der Waals surface area (Å²) in [7, 11) is 1.65. The standard InChI is InChI=1S/C20H24F3N3O3S/c1-29-8-9-30-25-12-16-7-6-15(11-24-16)13-2-4-14(5-3-13)18(27)17(10-21)26-20(28)19(22)23/h2-7,11,17-19,25,27H,8-10,12H2,1H3,(H,26,28). The third kappa shape index (κ3) is 7.28. The van der Waals surface area contributed by atoms with E-state index in [1.165, 1.54) is 0 Å². The molecule has 1 aromatic heterocycles. The van der Waals surface area contributed by atoms with Crippen molar-refractivity contribution >= 4 is 17.9 Å². The second-order valence-electron chi connectivity index (χ2n) is 6.34. The van der Waals surface area contributed by atoms with Gasteiger partial charge in [-0.15, -0.1) is 0 Å². The van der Waals surface area contributed by atoms with Crippen molar-refractivity contribution in [1.29, 1.82) is 0 Å². The molecule has 2 unspecified atom stereocenters. The van der Waals surface area contributed by atoms with Crippen molar-refractivity contribution in [3.63, 3.8) is 0 Å². The SMILES string of the molecule is COCCSNCc1ccc(-c2ccc(C(O)C(CF)NC(=O)C(F)F)cc2)cn1. The highest BCUT2D eigenvalue weighted by atomic mass is 32.2. The number of nitrogens with one attached hydrogen (secondary N) is 2. The second kappa shape index (κ2) is 12.5. The number of nitrogens with zero attached hydrogens (tertiary/aromatic N) is 1. The summed E-state index contributed by atoms with van der Waals surface area (Å²) in [5.41, 5.74) is 2.84. The number of aliphatic hydroxyl groups excluding tert-OH is 1. The van der Waals surface area contributed by atoms with Gasteiger partial charge in [-0.3, -0.25) is 14.5 Å². The number of carbonyl (C=O) groups is 1. The number of amides is 1. The number of benzene rings is 1. The number of aromatic nitrogens is 1. The number of hydrogen-bond acceptors (Lipinski definition) is 6. The van der Waals surface area contributed by atoms with Crippen LogP contribution in [0.2, 0.25) is 0 Å². The molecule has 164 valence electrons. The zero-order valence-electron chi connectivity index (χ0n) is 16.4. The smallest absolute Gasteiger partial charge is 0.315 e. The Labute approximate surface area is 177 Å². The van der Waals surface area contributed by atoms with Gasteiger partial charge in [-0.1, -0.05) is 42.3 Å². The first-order chi connectivity index (χ1) is 14.5. The molecule has 0 spiro atoms. The molecule has 0 fully saturated rings. The Morgan fingerprint density at radius 3 is 2.47 bits per heavy atom. The number of carbonyl (C=O) groups excluding carboxylic acids is 1. The Kier molecular flexibility index (Phi) is 10.1. The Bertz CT molecular complexity index is 779. The molecule has 1 amide bonds. The lowest BCUT2D eigenvalue weighted by Crippen LogP contribution is -2.43. The zero-order chi connectivity index (χ0) is 21.9. The van der Waals surface area contributed by atoms with Crippen LogP contribution in [0.5, 0.6) is 0 Å². The highest BCUT2D eigenvalue weighted by molar-refractivity contribution is 7.97. The minimum atomic E-state index is -3.27. The van der Waals surface area contributed by atoms with Gasteiger partial charge in [-0.05, 0) is 17.2 Å². The number of aliphatic hydroxyl groups is 1. The van der Waals surface area contributed by atoms with E-state index >= 15 is 0 Å². The number of hydrogen-bond donors (Lipinski definition) is 3. The third-order valence-electron chi connectivity index (χ3n) is 4.23. The molecule has 10 heteroatoms.